The zero-order valence-electron chi connectivity index (χ0n) is 10.1. The second kappa shape index (κ2) is 4.56. The van der Waals surface area contributed by atoms with Gasteiger partial charge >= 0.3 is 0 Å². The van der Waals surface area contributed by atoms with E-state index in [4.69, 9.17) is 4.74 Å². The van der Waals surface area contributed by atoms with Crippen molar-refractivity contribution in [1.29, 1.82) is 0 Å². The van der Waals surface area contributed by atoms with Gasteiger partial charge in [0.25, 0.3) is 0 Å². The van der Waals surface area contributed by atoms with E-state index in [0.717, 1.165) is 24.7 Å². The molecule has 86 valence electrons. The fourth-order valence-corrected chi connectivity index (χ4v) is 1.87. The molecule has 0 amide bonds. The monoisotopic (exact) mass is 218 g/mol. The third-order valence-electron chi connectivity index (χ3n) is 2.72. The summed E-state index contributed by atoms with van der Waals surface area (Å²) in [6.07, 6.45) is 0.00362. The van der Waals surface area contributed by atoms with Gasteiger partial charge in [0.15, 0.2) is 6.10 Å². The Morgan fingerprint density at radius 2 is 2.19 bits per heavy atom. The van der Waals surface area contributed by atoms with Crippen molar-refractivity contribution in [2.45, 2.75) is 26.9 Å². The van der Waals surface area contributed by atoms with Crippen molar-refractivity contribution in [3.05, 3.63) is 29.3 Å². The molecular weight excluding hydrogens is 200 g/mol. The molecule has 0 spiro atoms. The number of ether oxygens (including phenoxy) is 1. The van der Waals surface area contributed by atoms with Crippen molar-refractivity contribution in [2.75, 3.05) is 13.1 Å². The highest BCUT2D eigenvalue weighted by molar-refractivity contribution is 5.87. The third-order valence-corrected chi connectivity index (χ3v) is 2.72. The standard InChI is InChI=1S/C13H18N2O/c1-9-4-5-12(10(2)8-9)16-11(3)13-14-6-7-15-13/h4-5,8,11H,6-7H2,1-3H3,(H,14,15). The number of nitrogens with zero attached hydrogens (tertiary/aromatic N) is 1. The molecule has 1 heterocycles. The fourth-order valence-electron chi connectivity index (χ4n) is 1.87. The number of amidine groups is 1. The quantitative estimate of drug-likeness (QED) is 0.842. The first-order chi connectivity index (χ1) is 7.66. The minimum Gasteiger partial charge on any atom is -0.483 e. The van der Waals surface area contributed by atoms with Gasteiger partial charge in [0.1, 0.15) is 11.6 Å². The molecule has 1 aromatic rings. The van der Waals surface area contributed by atoms with Crippen LogP contribution >= 0.6 is 0 Å². The lowest BCUT2D eigenvalue weighted by molar-refractivity contribution is 0.282. The Balaban J connectivity index is 2.08. The maximum absolute atomic E-state index is 5.89. The van der Waals surface area contributed by atoms with Crippen LogP contribution in [-0.2, 0) is 0 Å². The normalized spacial score (nSPS) is 16.6. The van der Waals surface area contributed by atoms with Crippen molar-refractivity contribution < 1.29 is 4.74 Å². The number of rotatable bonds is 3. The number of benzene rings is 1. The van der Waals surface area contributed by atoms with Crippen molar-refractivity contribution >= 4 is 5.84 Å². The van der Waals surface area contributed by atoms with Crippen molar-refractivity contribution in [2.24, 2.45) is 4.99 Å². The number of aryl methyl sites for hydroxylation is 2. The summed E-state index contributed by atoms with van der Waals surface area (Å²) >= 11 is 0. The van der Waals surface area contributed by atoms with Crippen molar-refractivity contribution in [3.63, 3.8) is 0 Å². The maximum Gasteiger partial charge on any atom is 0.152 e. The topological polar surface area (TPSA) is 33.6 Å². The van der Waals surface area contributed by atoms with Crippen LogP contribution < -0.4 is 10.1 Å². The Morgan fingerprint density at radius 3 is 2.81 bits per heavy atom. The molecule has 3 nitrogen and oxygen atoms in total. The predicted octanol–water partition coefficient (Wildman–Crippen LogP) is 2.07. The van der Waals surface area contributed by atoms with Crippen molar-refractivity contribution in [3.8, 4) is 5.75 Å². The van der Waals surface area contributed by atoms with Crippen LogP contribution in [0.5, 0.6) is 5.75 Å². The van der Waals surface area contributed by atoms with Gasteiger partial charge in [-0.15, -0.1) is 0 Å². The third kappa shape index (κ3) is 2.35. The lowest BCUT2D eigenvalue weighted by atomic mass is 10.1. The van der Waals surface area contributed by atoms with E-state index >= 15 is 0 Å². The average molecular weight is 218 g/mol. The van der Waals surface area contributed by atoms with Crippen LogP contribution in [0.4, 0.5) is 0 Å². The van der Waals surface area contributed by atoms with E-state index in [2.05, 4.69) is 36.3 Å². The maximum atomic E-state index is 5.89. The molecule has 0 bridgehead atoms. The zero-order chi connectivity index (χ0) is 11.5. The Labute approximate surface area is 96.5 Å². The lowest BCUT2D eigenvalue weighted by Gasteiger charge is -2.17. The summed E-state index contributed by atoms with van der Waals surface area (Å²) in [6, 6.07) is 6.22. The molecule has 1 aliphatic rings. The molecule has 1 aromatic carbocycles. The number of hydrogen-bond donors (Lipinski definition) is 1. The SMILES string of the molecule is Cc1ccc(OC(C)C2=NCCN2)c(C)c1. The van der Waals surface area contributed by atoms with E-state index in [9.17, 15) is 0 Å². The minimum absolute atomic E-state index is 0.00362. The molecule has 0 fully saturated rings. The molecule has 1 unspecified atom stereocenters. The van der Waals surface area contributed by atoms with E-state index in [1.54, 1.807) is 0 Å². The second-order valence-electron chi connectivity index (χ2n) is 4.22. The highest BCUT2D eigenvalue weighted by Crippen LogP contribution is 2.20. The Kier molecular flexibility index (Phi) is 3.13. The largest absolute Gasteiger partial charge is 0.483 e. The van der Waals surface area contributed by atoms with Crippen LogP contribution in [0.15, 0.2) is 23.2 Å². The van der Waals surface area contributed by atoms with E-state index in [0.29, 0.717) is 0 Å². The second-order valence-corrected chi connectivity index (χ2v) is 4.22. The Hall–Kier alpha value is -1.51. The van der Waals surface area contributed by atoms with Gasteiger partial charge in [0, 0.05) is 6.54 Å². The highest BCUT2D eigenvalue weighted by Gasteiger charge is 2.15. The summed E-state index contributed by atoms with van der Waals surface area (Å²) < 4.78 is 5.89. The van der Waals surface area contributed by atoms with Gasteiger partial charge in [0.2, 0.25) is 0 Å². The minimum atomic E-state index is 0.00362. The van der Waals surface area contributed by atoms with Gasteiger partial charge in [-0.3, -0.25) is 4.99 Å². The van der Waals surface area contributed by atoms with Gasteiger partial charge < -0.3 is 10.1 Å². The summed E-state index contributed by atoms with van der Waals surface area (Å²) in [5, 5.41) is 3.23. The molecule has 3 heteroatoms. The van der Waals surface area contributed by atoms with Gasteiger partial charge in [-0.25, -0.2) is 0 Å². The van der Waals surface area contributed by atoms with Crippen LogP contribution in [0.25, 0.3) is 0 Å². The molecule has 1 aliphatic heterocycles. The summed E-state index contributed by atoms with van der Waals surface area (Å²) in [4.78, 5) is 4.36. The van der Waals surface area contributed by atoms with Crippen molar-refractivity contribution in [1.82, 2.24) is 5.32 Å². The van der Waals surface area contributed by atoms with Gasteiger partial charge in [-0.05, 0) is 32.4 Å². The van der Waals surface area contributed by atoms with E-state index < -0.39 is 0 Å². The summed E-state index contributed by atoms with van der Waals surface area (Å²) in [7, 11) is 0. The Morgan fingerprint density at radius 1 is 1.38 bits per heavy atom. The van der Waals surface area contributed by atoms with Gasteiger partial charge in [-0.2, -0.15) is 0 Å². The van der Waals surface area contributed by atoms with E-state index in [-0.39, 0.29) is 6.10 Å². The molecule has 0 saturated heterocycles. The van der Waals surface area contributed by atoms with E-state index in [1.165, 1.54) is 11.1 Å². The molecule has 1 atom stereocenters. The first-order valence-corrected chi connectivity index (χ1v) is 5.69. The number of aliphatic imine (C=N–C) groups is 1. The fraction of sp³-hybridized carbons (Fsp3) is 0.462. The van der Waals surface area contributed by atoms with Crippen LogP contribution in [0.3, 0.4) is 0 Å². The molecule has 2 rings (SSSR count). The Bertz CT molecular complexity index is 412. The first-order valence-electron chi connectivity index (χ1n) is 5.69. The summed E-state index contributed by atoms with van der Waals surface area (Å²) in [5.74, 6) is 1.90. The molecule has 1 N–H and O–H groups in total. The van der Waals surface area contributed by atoms with Crippen LogP contribution in [0.1, 0.15) is 18.1 Å². The predicted molar refractivity (Wildman–Crippen MR) is 66.3 cm³/mol. The van der Waals surface area contributed by atoms with Crippen LogP contribution in [0, 0.1) is 13.8 Å². The van der Waals surface area contributed by atoms with Gasteiger partial charge in [-0.1, -0.05) is 17.7 Å². The van der Waals surface area contributed by atoms with Crippen LogP contribution in [0.2, 0.25) is 0 Å². The van der Waals surface area contributed by atoms with Gasteiger partial charge in [0.05, 0.1) is 6.54 Å². The smallest absolute Gasteiger partial charge is 0.152 e. The molecule has 16 heavy (non-hydrogen) atoms. The molecular formula is C13H18N2O. The number of hydrogen-bond acceptors (Lipinski definition) is 3. The summed E-state index contributed by atoms with van der Waals surface area (Å²) in [5.41, 5.74) is 2.43. The highest BCUT2D eigenvalue weighted by atomic mass is 16.5. The summed E-state index contributed by atoms with van der Waals surface area (Å²) in [6.45, 7) is 7.96. The average Bonchev–Trinajstić information content (AvgIpc) is 2.75. The molecule has 0 radical (unpaired) electrons. The molecule has 0 aliphatic carbocycles. The lowest BCUT2D eigenvalue weighted by Crippen LogP contribution is -2.33. The molecule has 0 aromatic heterocycles. The number of nitrogens with one attached hydrogen (secondary N) is 1. The zero-order valence-corrected chi connectivity index (χ0v) is 10.1. The van der Waals surface area contributed by atoms with E-state index in [1.807, 2.05) is 13.0 Å². The van der Waals surface area contributed by atoms with Crippen LogP contribution in [-0.4, -0.2) is 25.0 Å². The molecule has 0 saturated carbocycles. The first kappa shape index (κ1) is 11.0.